The van der Waals surface area contributed by atoms with Crippen LogP contribution in [0.1, 0.15) is 0 Å². The fourth-order valence-electron chi connectivity index (χ4n) is 1.71. The van der Waals surface area contributed by atoms with E-state index in [9.17, 15) is 10.1 Å². The van der Waals surface area contributed by atoms with Gasteiger partial charge in [-0.15, -0.1) is 0 Å². The minimum Gasteiger partial charge on any atom is -0.360 e. The maximum absolute atomic E-state index is 10.6. The van der Waals surface area contributed by atoms with Crippen LogP contribution in [-0.4, -0.2) is 37.0 Å². The molecule has 0 saturated heterocycles. The van der Waals surface area contributed by atoms with E-state index in [4.69, 9.17) is 0 Å². The maximum atomic E-state index is 10.6. The minimum atomic E-state index is -0.384. The van der Waals surface area contributed by atoms with Crippen molar-refractivity contribution in [2.24, 2.45) is 0 Å². The normalized spacial score (nSPS) is 13.7. The van der Waals surface area contributed by atoms with Gasteiger partial charge >= 0.3 is 0 Å². The molecule has 0 aromatic heterocycles. The minimum absolute atomic E-state index is 0.110. The van der Waals surface area contributed by atoms with E-state index < -0.39 is 0 Å². The summed E-state index contributed by atoms with van der Waals surface area (Å²) in [6.07, 6.45) is 0. The summed E-state index contributed by atoms with van der Waals surface area (Å²) in [6.45, 7) is 3.62. The summed E-state index contributed by atoms with van der Waals surface area (Å²) in [5, 5.41) is 13.7. The van der Waals surface area contributed by atoms with Crippen LogP contribution in [0.4, 0.5) is 17.1 Å². The van der Waals surface area contributed by atoms with Crippen LogP contribution in [0, 0.1) is 16.8 Å². The van der Waals surface area contributed by atoms with Crippen LogP contribution in [0.15, 0.2) is 18.2 Å². The number of hydrogen-bond donors (Lipinski definition) is 1. The summed E-state index contributed by atoms with van der Waals surface area (Å²) in [5.74, 6) is 0. The maximum Gasteiger partial charge on any atom is 0.271 e. The van der Waals surface area contributed by atoms with Gasteiger partial charge in [-0.25, -0.2) is 0 Å². The summed E-state index contributed by atoms with van der Waals surface area (Å²) < 4.78 is 0. The Hall–Kier alpha value is -1.82. The Morgan fingerprint density at radius 3 is 2.88 bits per heavy atom. The molecule has 0 atom stereocenters. The smallest absolute Gasteiger partial charge is 0.271 e. The molecule has 1 aliphatic rings. The van der Waals surface area contributed by atoms with Crippen LogP contribution in [0.5, 0.6) is 0 Å². The van der Waals surface area contributed by atoms with Gasteiger partial charge in [0.15, 0.2) is 0 Å². The van der Waals surface area contributed by atoms with Gasteiger partial charge < -0.3 is 15.1 Å². The molecule has 1 aliphatic heterocycles. The van der Waals surface area contributed by atoms with Gasteiger partial charge in [-0.05, 0) is 20.2 Å². The van der Waals surface area contributed by atoms with Gasteiger partial charge in [0, 0.05) is 25.2 Å². The highest BCUT2D eigenvalue weighted by molar-refractivity contribution is 5.79. The van der Waals surface area contributed by atoms with Crippen LogP contribution in [0.25, 0.3) is 0 Å². The van der Waals surface area contributed by atoms with Crippen molar-refractivity contribution in [3.8, 4) is 0 Å². The highest BCUT2D eigenvalue weighted by atomic mass is 16.6. The highest BCUT2D eigenvalue weighted by Gasteiger charge is 2.21. The number of nitro benzene ring substituents is 1. The summed E-state index contributed by atoms with van der Waals surface area (Å²) in [5.41, 5.74) is 1.88. The SMILES string of the molecule is CN(C)CCN1[CH]Nc2cc([N+](=O)[O-])ccc21. The molecule has 0 fully saturated rings. The van der Waals surface area contributed by atoms with Gasteiger partial charge in [-0.3, -0.25) is 10.1 Å². The van der Waals surface area contributed by atoms with Gasteiger partial charge in [0.2, 0.25) is 0 Å². The van der Waals surface area contributed by atoms with E-state index in [1.165, 1.54) is 6.07 Å². The number of likely N-dealkylation sites (N-methyl/N-ethyl adjacent to an activating group) is 1. The second-order valence-corrected chi connectivity index (χ2v) is 4.23. The Labute approximate surface area is 100.0 Å². The van der Waals surface area contributed by atoms with E-state index in [0.29, 0.717) is 0 Å². The van der Waals surface area contributed by atoms with E-state index >= 15 is 0 Å². The zero-order chi connectivity index (χ0) is 12.4. The van der Waals surface area contributed by atoms with Crippen LogP contribution in [-0.2, 0) is 0 Å². The first kappa shape index (κ1) is 11.7. The molecule has 6 heteroatoms. The van der Waals surface area contributed by atoms with E-state index in [1.807, 2.05) is 20.8 Å². The molecule has 1 aromatic carbocycles. The lowest BCUT2D eigenvalue weighted by Crippen LogP contribution is -2.28. The molecule has 0 aliphatic carbocycles. The first-order valence-electron chi connectivity index (χ1n) is 5.37. The first-order chi connectivity index (χ1) is 8.08. The predicted molar refractivity (Wildman–Crippen MR) is 66.9 cm³/mol. The summed E-state index contributed by atoms with van der Waals surface area (Å²) in [6, 6.07) is 4.86. The van der Waals surface area contributed by atoms with Crippen molar-refractivity contribution < 1.29 is 4.92 Å². The number of nitrogens with one attached hydrogen (secondary N) is 1. The zero-order valence-electron chi connectivity index (χ0n) is 9.88. The lowest BCUT2D eigenvalue weighted by Gasteiger charge is -2.19. The molecule has 0 unspecified atom stereocenters. The van der Waals surface area contributed by atoms with Crippen molar-refractivity contribution in [1.82, 2.24) is 4.90 Å². The molecule has 91 valence electrons. The molecular weight excluding hydrogens is 220 g/mol. The molecule has 1 N–H and O–H groups in total. The molecule has 1 radical (unpaired) electrons. The van der Waals surface area contributed by atoms with Crippen LogP contribution in [0.2, 0.25) is 0 Å². The van der Waals surface area contributed by atoms with E-state index in [-0.39, 0.29) is 10.6 Å². The zero-order valence-corrected chi connectivity index (χ0v) is 9.88. The van der Waals surface area contributed by atoms with Crippen LogP contribution in [0.3, 0.4) is 0 Å². The van der Waals surface area contributed by atoms with E-state index in [1.54, 1.807) is 12.1 Å². The summed E-state index contributed by atoms with van der Waals surface area (Å²) >= 11 is 0. The predicted octanol–water partition coefficient (Wildman–Crippen LogP) is 1.51. The summed E-state index contributed by atoms with van der Waals surface area (Å²) in [7, 11) is 4.03. The lowest BCUT2D eigenvalue weighted by molar-refractivity contribution is -0.384. The van der Waals surface area contributed by atoms with Gasteiger partial charge in [0.05, 0.1) is 16.3 Å². The van der Waals surface area contributed by atoms with Gasteiger partial charge in [-0.2, -0.15) is 0 Å². The van der Waals surface area contributed by atoms with Crippen molar-refractivity contribution in [1.29, 1.82) is 0 Å². The summed E-state index contributed by atoms with van der Waals surface area (Å²) in [4.78, 5) is 14.4. The third kappa shape index (κ3) is 2.47. The number of nitro groups is 1. The van der Waals surface area contributed by atoms with Crippen molar-refractivity contribution in [2.75, 3.05) is 37.4 Å². The quantitative estimate of drug-likeness (QED) is 0.633. The molecular formula is C11H15N4O2. The largest absolute Gasteiger partial charge is 0.360 e. The van der Waals surface area contributed by atoms with Gasteiger partial charge in [0.1, 0.15) is 6.67 Å². The number of benzene rings is 1. The van der Waals surface area contributed by atoms with Gasteiger partial charge in [0.25, 0.3) is 5.69 Å². The fraction of sp³-hybridized carbons (Fsp3) is 0.364. The number of fused-ring (bicyclic) bond motifs is 1. The topological polar surface area (TPSA) is 61.6 Å². The lowest BCUT2D eigenvalue weighted by atomic mass is 10.2. The van der Waals surface area contributed by atoms with Crippen LogP contribution < -0.4 is 10.2 Å². The number of nitrogens with zero attached hydrogens (tertiary/aromatic N) is 3. The molecule has 2 rings (SSSR count). The number of rotatable bonds is 4. The molecule has 1 heterocycles. The molecule has 6 nitrogen and oxygen atoms in total. The Kier molecular flexibility index (Phi) is 3.14. The third-order valence-corrected chi connectivity index (χ3v) is 2.66. The molecule has 0 saturated carbocycles. The highest BCUT2D eigenvalue weighted by Crippen LogP contribution is 2.35. The van der Waals surface area contributed by atoms with Crippen molar-refractivity contribution >= 4 is 17.1 Å². The number of anilines is 2. The monoisotopic (exact) mass is 235 g/mol. The number of non-ortho nitro benzene ring substituents is 1. The van der Waals surface area contributed by atoms with E-state index in [0.717, 1.165) is 24.5 Å². The van der Waals surface area contributed by atoms with Crippen molar-refractivity contribution in [3.05, 3.63) is 35.0 Å². The Morgan fingerprint density at radius 1 is 1.47 bits per heavy atom. The standard InChI is InChI=1S/C11H15N4O2/c1-13(2)5-6-14-8-12-10-7-9(15(16)17)3-4-11(10)14/h3-4,7-8,12H,5-6H2,1-2H3. The second kappa shape index (κ2) is 4.58. The molecule has 17 heavy (non-hydrogen) atoms. The Balaban J connectivity index is 2.13. The third-order valence-electron chi connectivity index (χ3n) is 2.66. The number of hydrogen-bond acceptors (Lipinski definition) is 5. The van der Waals surface area contributed by atoms with Crippen molar-refractivity contribution in [3.63, 3.8) is 0 Å². The first-order valence-corrected chi connectivity index (χ1v) is 5.37. The molecule has 0 amide bonds. The molecule has 0 spiro atoms. The Bertz CT molecular complexity index is 433. The second-order valence-electron chi connectivity index (χ2n) is 4.23. The van der Waals surface area contributed by atoms with Gasteiger partial charge in [-0.1, -0.05) is 0 Å². The van der Waals surface area contributed by atoms with E-state index in [2.05, 4.69) is 15.1 Å². The fourth-order valence-corrected chi connectivity index (χ4v) is 1.71. The average Bonchev–Trinajstić information content (AvgIpc) is 2.68. The molecule has 1 aromatic rings. The Morgan fingerprint density at radius 2 is 2.24 bits per heavy atom. The average molecular weight is 235 g/mol. The van der Waals surface area contributed by atoms with Crippen LogP contribution >= 0.6 is 0 Å². The van der Waals surface area contributed by atoms with Crippen molar-refractivity contribution in [2.45, 2.75) is 0 Å². The molecule has 0 bridgehead atoms.